The lowest BCUT2D eigenvalue weighted by Gasteiger charge is -2.11. The third-order valence-electron chi connectivity index (χ3n) is 2.04. The summed E-state index contributed by atoms with van der Waals surface area (Å²) in [6.45, 7) is 10.2. The minimum atomic E-state index is -0.905. The van der Waals surface area contributed by atoms with E-state index in [0.717, 1.165) is 6.61 Å². The van der Waals surface area contributed by atoms with Crippen LogP contribution in [-0.2, 0) is 4.74 Å². The molecule has 0 rings (SSSR count). The van der Waals surface area contributed by atoms with Crippen molar-refractivity contribution < 1.29 is 4.74 Å². The summed E-state index contributed by atoms with van der Waals surface area (Å²) in [4.78, 5) is 0. The van der Waals surface area contributed by atoms with Crippen LogP contribution in [0.4, 0.5) is 0 Å². The van der Waals surface area contributed by atoms with Crippen molar-refractivity contribution in [2.75, 3.05) is 6.61 Å². The summed E-state index contributed by atoms with van der Waals surface area (Å²) in [5, 5.41) is 0. The minimum Gasteiger partial charge on any atom is -0.502 e. The smallest absolute Gasteiger partial charge is 0.0873 e. The Morgan fingerprint density at radius 3 is 2.36 bits per heavy atom. The van der Waals surface area contributed by atoms with E-state index < -0.39 is 8.07 Å². The van der Waals surface area contributed by atoms with Crippen LogP contribution in [0.15, 0.2) is 12.3 Å². The summed E-state index contributed by atoms with van der Waals surface area (Å²) in [5.41, 5.74) is 0. The largest absolute Gasteiger partial charge is 0.502 e. The zero-order valence-electron chi connectivity index (χ0n) is 10.3. The average Bonchev–Trinajstić information content (AvgIpc) is 2.08. The Labute approximate surface area is 90.6 Å². The van der Waals surface area contributed by atoms with Gasteiger partial charge in [0, 0.05) is 8.07 Å². The van der Waals surface area contributed by atoms with Gasteiger partial charge in [0.15, 0.2) is 0 Å². The van der Waals surface area contributed by atoms with Gasteiger partial charge < -0.3 is 4.74 Å². The van der Waals surface area contributed by atoms with E-state index in [2.05, 4.69) is 32.6 Å². The molecule has 0 radical (unpaired) electrons. The van der Waals surface area contributed by atoms with Crippen LogP contribution in [0.1, 0.15) is 32.6 Å². The van der Waals surface area contributed by atoms with Gasteiger partial charge in [0.25, 0.3) is 0 Å². The predicted octanol–water partition coefficient (Wildman–Crippen LogP) is 4.44. The molecule has 0 amide bonds. The van der Waals surface area contributed by atoms with E-state index in [-0.39, 0.29) is 0 Å². The van der Waals surface area contributed by atoms with Gasteiger partial charge in [0.05, 0.1) is 12.9 Å². The number of allylic oxidation sites excluding steroid dienone is 1. The maximum Gasteiger partial charge on any atom is 0.0873 e. The summed E-state index contributed by atoms with van der Waals surface area (Å²) in [7, 11) is -0.905. The van der Waals surface area contributed by atoms with Crippen LogP contribution in [0.2, 0.25) is 25.7 Å². The van der Waals surface area contributed by atoms with Crippen molar-refractivity contribution in [1.29, 1.82) is 0 Å². The van der Waals surface area contributed by atoms with Gasteiger partial charge in [0.2, 0.25) is 0 Å². The van der Waals surface area contributed by atoms with Gasteiger partial charge >= 0.3 is 0 Å². The lowest BCUT2D eigenvalue weighted by atomic mass is 10.2. The maximum absolute atomic E-state index is 5.42. The molecule has 0 atom stereocenters. The highest BCUT2D eigenvalue weighted by Gasteiger charge is 2.09. The van der Waals surface area contributed by atoms with Crippen molar-refractivity contribution in [3.63, 3.8) is 0 Å². The maximum atomic E-state index is 5.42. The Morgan fingerprint density at radius 2 is 1.79 bits per heavy atom. The Hall–Kier alpha value is -0.243. The molecular formula is C12H26OSi. The number of ether oxygens (including phenoxy) is 1. The van der Waals surface area contributed by atoms with E-state index in [1.165, 1.54) is 31.7 Å². The molecule has 0 saturated carbocycles. The number of unbranched alkanes of at least 4 members (excludes halogenated alkanes) is 3. The first-order chi connectivity index (χ1) is 6.56. The second kappa shape index (κ2) is 8.10. The van der Waals surface area contributed by atoms with Crippen LogP contribution in [0.5, 0.6) is 0 Å². The molecule has 0 aromatic heterocycles. The second-order valence-electron chi connectivity index (χ2n) is 5.07. The van der Waals surface area contributed by atoms with Gasteiger partial charge in [-0.05, 0) is 12.5 Å². The monoisotopic (exact) mass is 214 g/mol. The van der Waals surface area contributed by atoms with Crippen molar-refractivity contribution in [1.82, 2.24) is 0 Å². The molecule has 2 heteroatoms. The third-order valence-corrected chi connectivity index (χ3v) is 3.50. The quantitative estimate of drug-likeness (QED) is 0.330. The molecule has 0 aliphatic heterocycles. The fourth-order valence-corrected chi connectivity index (χ4v) is 1.95. The highest BCUT2D eigenvalue weighted by molar-refractivity contribution is 6.76. The molecule has 0 N–H and O–H groups in total. The summed E-state index contributed by atoms with van der Waals surface area (Å²) in [6, 6.07) is 1.22. The summed E-state index contributed by atoms with van der Waals surface area (Å²) >= 11 is 0. The van der Waals surface area contributed by atoms with E-state index >= 15 is 0 Å². The summed E-state index contributed by atoms with van der Waals surface area (Å²) in [5.74, 6) is 0. The first-order valence-corrected chi connectivity index (χ1v) is 9.53. The van der Waals surface area contributed by atoms with E-state index in [9.17, 15) is 0 Å². The van der Waals surface area contributed by atoms with Gasteiger partial charge in [-0.1, -0.05) is 51.9 Å². The van der Waals surface area contributed by atoms with Gasteiger partial charge in [-0.3, -0.25) is 0 Å². The van der Waals surface area contributed by atoms with Crippen molar-refractivity contribution in [2.45, 2.75) is 58.3 Å². The molecule has 0 spiro atoms. The molecular weight excluding hydrogens is 188 g/mol. The van der Waals surface area contributed by atoms with E-state index in [4.69, 9.17) is 4.74 Å². The molecule has 0 heterocycles. The highest BCUT2D eigenvalue weighted by Crippen LogP contribution is 2.08. The lowest BCUT2D eigenvalue weighted by Crippen LogP contribution is -2.17. The SMILES string of the molecule is CCCCCCO/C=C\C[Si](C)(C)C. The number of hydrogen-bond donors (Lipinski definition) is 0. The van der Waals surface area contributed by atoms with Gasteiger partial charge in [-0.25, -0.2) is 0 Å². The van der Waals surface area contributed by atoms with Gasteiger partial charge in [-0.2, -0.15) is 0 Å². The molecule has 0 aliphatic carbocycles. The number of hydrogen-bond acceptors (Lipinski definition) is 1. The fraction of sp³-hybridized carbons (Fsp3) is 0.833. The molecule has 0 fully saturated rings. The van der Waals surface area contributed by atoms with Crippen LogP contribution in [-0.4, -0.2) is 14.7 Å². The molecule has 84 valence electrons. The summed E-state index contributed by atoms with van der Waals surface area (Å²) < 4.78 is 5.42. The minimum absolute atomic E-state index is 0.891. The zero-order valence-corrected chi connectivity index (χ0v) is 11.3. The van der Waals surface area contributed by atoms with E-state index in [0.29, 0.717) is 0 Å². The molecule has 0 unspecified atom stereocenters. The fourth-order valence-electron chi connectivity index (χ4n) is 1.15. The Bertz CT molecular complexity index is 147. The molecule has 0 saturated heterocycles. The van der Waals surface area contributed by atoms with Crippen molar-refractivity contribution in [3.8, 4) is 0 Å². The normalized spacial score (nSPS) is 12.3. The molecule has 1 nitrogen and oxygen atoms in total. The Kier molecular flexibility index (Phi) is 7.96. The van der Waals surface area contributed by atoms with Crippen LogP contribution >= 0.6 is 0 Å². The second-order valence-corrected chi connectivity index (χ2v) is 10.6. The predicted molar refractivity (Wildman–Crippen MR) is 67.4 cm³/mol. The van der Waals surface area contributed by atoms with Crippen molar-refractivity contribution >= 4 is 8.07 Å². The third kappa shape index (κ3) is 11.8. The highest BCUT2D eigenvalue weighted by atomic mass is 28.3. The van der Waals surface area contributed by atoms with E-state index in [1.54, 1.807) is 0 Å². The van der Waals surface area contributed by atoms with Crippen LogP contribution in [0.25, 0.3) is 0 Å². The molecule has 0 aromatic rings. The standard InChI is InChI=1S/C12H26OSi/c1-5-6-7-8-10-13-11-9-12-14(2,3)4/h9,11H,5-8,10,12H2,1-4H3/b11-9-. The topological polar surface area (TPSA) is 9.23 Å². The van der Waals surface area contributed by atoms with Crippen LogP contribution in [0, 0.1) is 0 Å². The van der Waals surface area contributed by atoms with Crippen molar-refractivity contribution in [2.24, 2.45) is 0 Å². The number of rotatable bonds is 8. The lowest BCUT2D eigenvalue weighted by molar-refractivity contribution is 0.240. The molecule has 0 aromatic carbocycles. The Morgan fingerprint density at radius 1 is 1.07 bits per heavy atom. The molecule has 0 bridgehead atoms. The van der Waals surface area contributed by atoms with Crippen LogP contribution in [0.3, 0.4) is 0 Å². The van der Waals surface area contributed by atoms with Gasteiger partial charge in [-0.15, -0.1) is 0 Å². The van der Waals surface area contributed by atoms with Crippen molar-refractivity contribution in [3.05, 3.63) is 12.3 Å². The zero-order chi connectivity index (χ0) is 10.9. The molecule has 14 heavy (non-hydrogen) atoms. The first kappa shape index (κ1) is 13.8. The van der Waals surface area contributed by atoms with Gasteiger partial charge in [0.1, 0.15) is 0 Å². The van der Waals surface area contributed by atoms with E-state index in [1.807, 2.05) is 6.26 Å². The Balaban J connectivity index is 3.19. The van der Waals surface area contributed by atoms with Crippen LogP contribution < -0.4 is 0 Å². The molecule has 0 aliphatic rings. The average molecular weight is 214 g/mol. The first-order valence-electron chi connectivity index (χ1n) is 5.83. The summed E-state index contributed by atoms with van der Waals surface area (Å²) in [6.07, 6.45) is 9.22.